The van der Waals surface area contributed by atoms with Gasteiger partial charge in [0.2, 0.25) is 6.10 Å². The van der Waals surface area contributed by atoms with Crippen LogP contribution >= 0.6 is 31.9 Å². The van der Waals surface area contributed by atoms with Gasteiger partial charge in [-0.05, 0) is 34.1 Å². The van der Waals surface area contributed by atoms with Crippen LogP contribution in [0.1, 0.15) is 5.56 Å². The number of carboxylic acid groups (broad SMARTS) is 1. The molecule has 0 saturated heterocycles. The molecule has 0 amide bonds. The molecule has 1 atom stereocenters. The zero-order valence-corrected chi connectivity index (χ0v) is 12.1. The predicted octanol–water partition coefficient (Wildman–Crippen LogP) is 4.00. The number of carbonyl (C=O) groups is 1. The molecule has 0 spiro atoms. The molecule has 2 rings (SSSR count). The number of ether oxygens (including phenoxy) is 1. The number of benzene rings is 1. The van der Waals surface area contributed by atoms with E-state index in [1.54, 1.807) is 0 Å². The summed E-state index contributed by atoms with van der Waals surface area (Å²) in [6.07, 6.45) is -6.31. The SMILES string of the molecule is O=C(O)C1=Cc2cc(Br)cc(Br)c2OC1C(F)(F)F. The van der Waals surface area contributed by atoms with E-state index in [2.05, 4.69) is 31.9 Å². The van der Waals surface area contributed by atoms with E-state index < -0.39 is 23.8 Å². The number of alkyl halides is 3. The predicted molar refractivity (Wildman–Crippen MR) is 67.9 cm³/mol. The zero-order valence-electron chi connectivity index (χ0n) is 8.96. The molecule has 0 fully saturated rings. The van der Waals surface area contributed by atoms with Gasteiger partial charge in [0.15, 0.2) is 0 Å². The lowest BCUT2D eigenvalue weighted by Crippen LogP contribution is -2.40. The minimum atomic E-state index is -4.80. The Bertz CT molecular complexity index is 581. The minimum absolute atomic E-state index is 0.0319. The van der Waals surface area contributed by atoms with Gasteiger partial charge >= 0.3 is 12.1 Å². The first-order valence-electron chi connectivity index (χ1n) is 4.87. The molecule has 1 aromatic carbocycles. The molecule has 0 aliphatic carbocycles. The quantitative estimate of drug-likeness (QED) is 0.773. The molecule has 1 aromatic rings. The van der Waals surface area contributed by atoms with Gasteiger partial charge in [-0.1, -0.05) is 15.9 Å². The average Bonchev–Trinajstić information content (AvgIpc) is 2.25. The summed E-state index contributed by atoms with van der Waals surface area (Å²) >= 11 is 6.25. The highest BCUT2D eigenvalue weighted by molar-refractivity contribution is 9.11. The van der Waals surface area contributed by atoms with Crippen LogP contribution in [-0.2, 0) is 4.79 Å². The van der Waals surface area contributed by atoms with Crippen molar-refractivity contribution in [2.45, 2.75) is 12.3 Å². The van der Waals surface area contributed by atoms with Gasteiger partial charge in [0.25, 0.3) is 0 Å². The standard InChI is InChI=1S/C11H5Br2F3O3/c12-5-1-4-2-6(10(17)18)9(11(14,15)16)19-8(4)7(13)3-5/h1-3,9H,(H,17,18). The molecule has 1 N–H and O–H groups in total. The Morgan fingerprint density at radius 1 is 1.32 bits per heavy atom. The summed E-state index contributed by atoms with van der Waals surface area (Å²) in [4.78, 5) is 10.9. The highest BCUT2D eigenvalue weighted by Gasteiger charge is 2.48. The van der Waals surface area contributed by atoms with Gasteiger partial charge < -0.3 is 9.84 Å². The summed E-state index contributed by atoms with van der Waals surface area (Å²) in [5, 5.41) is 8.86. The molecular formula is C11H5Br2F3O3. The van der Waals surface area contributed by atoms with E-state index >= 15 is 0 Å². The van der Waals surface area contributed by atoms with Crippen LogP contribution in [0, 0.1) is 0 Å². The lowest BCUT2D eigenvalue weighted by atomic mass is 10.0. The van der Waals surface area contributed by atoms with Crippen molar-refractivity contribution in [2.75, 3.05) is 0 Å². The summed E-state index contributed by atoms with van der Waals surface area (Å²) in [5.41, 5.74) is -0.579. The lowest BCUT2D eigenvalue weighted by molar-refractivity contribution is -0.187. The molecule has 0 aromatic heterocycles. The summed E-state index contributed by atoms with van der Waals surface area (Å²) in [7, 11) is 0. The van der Waals surface area contributed by atoms with Gasteiger partial charge in [-0.3, -0.25) is 0 Å². The fourth-order valence-corrected chi connectivity index (χ4v) is 3.01. The van der Waals surface area contributed by atoms with Gasteiger partial charge in [-0.25, -0.2) is 4.79 Å². The summed E-state index contributed by atoms with van der Waals surface area (Å²) < 4.78 is 44.1. The van der Waals surface area contributed by atoms with Crippen molar-refractivity contribution >= 4 is 43.9 Å². The number of fused-ring (bicyclic) bond motifs is 1. The first-order chi connectivity index (χ1) is 8.70. The van der Waals surface area contributed by atoms with Crippen molar-refractivity contribution < 1.29 is 27.8 Å². The second-order valence-corrected chi connectivity index (χ2v) is 5.52. The Morgan fingerprint density at radius 3 is 2.47 bits per heavy atom. The molecule has 102 valence electrons. The maximum absolute atomic E-state index is 12.8. The number of rotatable bonds is 1. The van der Waals surface area contributed by atoms with Crippen molar-refractivity contribution in [2.24, 2.45) is 0 Å². The molecule has 1 aliphatic rings. The van der Waals surface area contributed by atoms with Gasteiger partial charge in [0.05, 0.1) is 10.0 Å². The van der Waals surface area contributed by atoms with Crippen LogP contribution in [0.15, 0.2) is 26.7 Å². The first kappa shape index (κ1) is 14.4. The van der Waals surface area contributed by atoms with Crippen LogP contribution in [0.2, 0.25) is 0 Å². The van der Waals surface area contributed by atoms with Gasteiger partial charge in [-0.15, -0.1) is 0 Å². The third-order valence-electron chi connectivity index (χ3n) is 2.41. The number of halogens is 5. The molecule has 0 saturated carbocycles. The Hall–Kier alpha value is -1.02. The minimum Gasteiger partial charge on any atom is -0.478 e. The van der Waals surface area contributed by atoms with Gasteiger partial charge in [0.1, 0.15) is 5.75 Å². The van der Waals surface area contributed by atoms with E-state index in [0.717, 1.165) is 6.08 Å². The van der Waals surface area contributed by atoms with Crippen LogP contribution < -0.4 is 4.74 Å². The van der Waals surface area contributed by atoms with Crippen molar-refractivity contribution in [3.63, 3.8) is 0 Å². The number of hydrogen-bond acceptors (Lipinski definition) is 2. The largest absolute Gasteiger partial charge is 0.478 e. The van der Waals surface area contributed by atoms with E-state index in [9.17, 15) is 18.0 Å². The highest BCUT2D eigenvalue weighted by atomic mass is 79.9. The van der Waals surface area contributed by atoms with Crippen LogP contribution in [0.5, 0.6) is 5.75 Å². The molecule has 8 heteroatoms. The number of carboxylic acids is 1. The zero-order chi connectivity index (χ0) is 14.4. The van der Waals surface area contributed by atoms with E-state index in [4.69, 9.17) is 9.84 Å². The van der Waals surface area contributed by atoms with Crippen molar-refractivity contribution in [1.29, 1.82) is 0 Å². The fraction of sp³-hybridized carbons (Fsp3) is 0.182. The van der Waals surface area contributed by atoms with E-state index in [0.29, 0.717) is 8.95 Å². The molecule has 1 aliphatic heterocycles. The molecule has 1 unspecified atom stereocenters. The number of hydrogen-bond donors (Lipinski definition) is 1. The maximum atomic E-state index is 12.8. The van der Waals surface area contributed by atoms with Crippen LogP contribution in [-0.4, -0.2) is 23.4 Å². The van der Waals surface area contributed by atoms with Gasteiger partial charge in [0, 0.05) is 10.0 Å². The Balaban J connectivity index is 2.61. The molecular weight excluding hydrogens is 397 g/mol. The maximum Gasteiger partial charge on any atom is 0.430 e. The van der Waals surface area contributed by atoms with Gasteiger partial charge in [-0.2, -0.15) is 13.2 Å². The van der Waals surface area contributed by atoms with Crippen molar-refractivity contribution in [3.8, 4) is 5.75 Å². The Morgan fingerprint density at radius 2 is 1.95 bits per heavy atom. The monoisotopic (exact) mass is 400 g/mol. The topological polar surface area (TPSA) is 46.5 Å². The normalized spacial score (nSPS) is 18.4. The average molecular weight is 402 g/mol. The Kier molecular flexibility index (Phi) is 3.65. The molecule has 3 nitrogen and oxygen atoms in total. The summed E-state index contributed by atoms with van der Waals surface area (Å²) in [5.74, 6) is -1.69. The van der Waals surface area contributed by atoms with E-state index in [1.165, 1.54) is 12.1 Å². The number of aliphatic carboxylic acids is 1. The molecule has 0 bridgehead atoms. The summed E-state index contributed by atoms with van der Waals surface area (Å²) in [6, 6.07) is 3.00. The molecule has 19 heavy (non-hydrogen) atoms. The van der Waals surface area contributed by atoms with Crippen LogP contribution in [0.3, 0.4) is 0 Å². The van der Waals surface area contributed by atoms with Crippen LogP contribution in [0.25, 0.3) is 6.08 Å². The van der Waals surface area contributed by atoms with E-state index in [-0.39, 0.29) is 11.3 Å². The van der Waals surface area contributed by atoms with Crippen molar-refractivity contribution in [3.05, 3.63) is 32.2 Å². The van der Waals surface area contributed by atoms with Crippen LogP contribution in [0.4, 0.5) is 13.2 Å². The first-order valence-corrected chi connectivity index (χ1v) is 6.46. The van der Waals surface area contributed by atoms with Crippen molar-refractivity contribution in [1.82, 2.24) is 0 Å². The smallest absolute Gasteiger partial charge is 0.430 e. The molecule has 0 radical (unpaired) electrons. The highest BCUT2D eigenvalue weighted by Crippen LogP contribution is 2.42. The third-order valence-corrected chi connectivity index (χ3v) is 3.46. The Labute approximate surface area is 122 Å². The third kappa shape index (κ3) is 2.79. The second kappa shape index (κ2) is 4.82. The lowest BCUT2D eigenvalue weighted by Gasteiger charge is -2.27. The summed E-state index contributed by atoms with van der Waals surface area (Å²) in [6.45, 7) is 0. The molecule has 1 heterocycles. The van der Waals surface area contributed by atoms with E-state index in [1.807, 2.05) is 0 Å². The second-order valence-electron chi connectivity index (χ2n) is 3.75. The fourth-order valence-electron chi connectivity index (χ4n) is 1.65.